The van der Waals surface area contributed by atoms with Gasteiger partial charge in [-0.05, 0) is 36.5 Å². The predicted molar refractivity (Wildman–Crippen MR) is 93.2 cm³/mol. The van der Waals surface area contributed by atoms with Crippen LogP contribution in [0.3, 0.4) is 0 Å². The van der Waals surface area contributed by atoms with E-state index in [4.69, 9.17) is 0 Å². The molecule has 0 radical (unpaired) electrons. The molecule has 1 saturated carbocycles. The first-order chi connectivity index (χ1) is 11.2. The van der Waals surface area contributed by atoms with Crippen molar-refractivity contribution in [1.82, 2.24) is 5.32 Å². The monoisotopic (exact) mass is 329 g/mol. The van der Waals surface area contributed by atoms with Crippen molar-refractivity contribution in [3.05, 3.63) is 57.8 Å². The van der Waals surface area contributed by atoms with Crippen LogP contribution >= 0.6 is 11.3 Å². The zero-order chi connectivity index (χ0) is 16.1. The summed E-state index contributed by atoms with van der Waals surface area (Å²) in [6.45, 7) is 0.553. The molecule has 1 fully saturated rings. The van der Waals surface area contributed by atoms with Crippen molar-refractivity contribution < 1.29 is 9.90 Å². The zero-order valence-electron chi connectivity index (χ0n) is 13.2. The van der Waals surface area contributed by atoms with Crippen LogP contribution in [0.15, 0.2) is 42.5 Å². The van der Waals surface area contributed by atoms with Gasteiger partial charge in [-0.3, -0.25) is 4.79 Å². The maximum Gasteiger partial charge on any atom is 0.220 e. The van der Waals surface area contributed by atoms with E-state index < -0.39 is 6.10 Å². The molecule has 3 nitrogen and oxygen atoms in total. The fourth-order valence-corrected chi connectivity index (χ4v) is 4.14. The second kappa shape index (κ2) is 7.75. The first-order valence-electron chi connectivity index (χ1n) is 8.30. The highest BCUT2D eigenvalue weighted by Crippen LogP contribution is 2.29. The van der Waals surface area contributed by atoms with Crippen LogP contribution in [-0.4, -0.2) is 11.0 Å². The molecule has 0 bridgehead atoms. The van der Waals surface area contributed by atoms with Crippen molar-refractivity contribution in [2.45, 2.75) is 44.8 Å². The summed E-state index contributed by atoms with van der Waals surface area (Å²) in [6, 6.07) is 13.6. The summed E-state index contributed by atoms with van der Waals surface area (Å²) < 4.78 is 0. The summed E-state index contributed by atoms with van der Waals surface area (Å²) in [7, 11) is 0. The Morgan fingerprint density at radius 1 is 1.17 bits per heavy atom. The minimum atomic E-state index is -0.593. The number of hydrogen-bond donors (Lipinski definition) is 2. The van der Waals surface area contributed by atoms with Crippen molar-refractivity contribution in [1.29, 1.82) is 0 Å². The average molecular weight is 329 g/mol. The van der Waals surface area contributed by atoms with E-state index in [1.807, 2.05) is 42.5 Å². The van der Waals surface area contributed by atoms with E-state index in [0.29, 0.717) is 18.9 Å². The van der Waals surface area contributed by atoms with E-state index in [1.54, 1.807) is 11.3 Å². The number of aliphatic hydroxyl groups excluding tert-OH is 1. The first-order valence-corrected chi connectivity index (χ1v) is 9.12. The molecule has 0 spiro atoms. The number of carbonyl (C=O) groups excluding carboxylic acids is 1. The summed E-state index contributed by atoms with van der Waals surface area (Å²) in [6.07, 6.45) is 4.99. The third-order valence-corrected chi connectivity index (χ3v) is 5.61. The molecule has 1 aromatic heterocycles. The Morgan fingerprint density at radius 3 is 2.65 bits per heavy atom. The second-order valence-electron chi connectivity index (χ2n) is 6.25. The van der Waals surface area contributed by atoms with Gasteiger partial charge in [-0.2, -0.15) is 0 Å². The Balaban J connectivity index is 1.52. The number of amides is 1. The van der Waals surface area contributed by atoms with E-state index >= 15 is 0 Å². The summed E-state index contributed by atoms with van der Waals surface area (Å²) in [5.74, 6) is 0.726. The van der Waals surface area contributed by atoms with Crippen LogP contribution in [0.25, 0.3) is 0 Å². The molecule has 3 rings (SSSR count). The second-order valence-corrected chi connectivity index (χ2v) is 7.45. The highest BCUT2D eigenvalue weighted by Gasteiger charge is 2.18. The zero-order valence-corrected chi connectivity index (χ0v) is 14.0. The van der Waals surface area contributed by atoms with Crippen molar-refractivity contribution in [2.24, 2.45) is 5.92 Å². The molecule has 1 heterocycles. The quantitative estimate of drug-likeness (QED) is 0.841. The van der Waals surface area contributed by atoms with E-state index in [-0.39, 0.29) is 5.91 Å². The standard InChI is InChI=1S/C19H23NO2S/c21-18(12-14-6-4-5-7-14)20-13-16-10-11-17(23-16)19(22)15-8-2-1-3-9-15/h1-3,8-11,14,19,22H,4-7,12-13H2,(H,20,21). The number of aliphatic hydroxyl groups is 1. The molecule has 4 heteroatoms. The van der Waals surface area contributed by atoms with Gasteiger partial charge in [0.25, 0.3) is 0 Å². The minimum Gasteiger partial charge on any atom is -0.383 e. The molecule has 1 aliphatic carbocycles. The van der Waals surface area contributed by atoms with Gasteiger partial charge in [-0.15, -0.1) is 11.3 Å². The largest absolute Gasteiger partial charge is 0.383 e. The van der Waals surface area contributed by atoms with Crippen molar-refractivity contribution >= 4 is 17.2 Å². The van der Waals surface area contributed by atoms with Crippen molar-refractivity contribution in [3.63, 3.8) is 0 Å². The fourth-order valence-electron chi connectivity index (χ4n) is 3.17. The van der Waals surface area contributed by atoms with Gasteiger partial charge in [-0.25, -0.2) is 0 Å². The Morgan fingerprint density at radius 2 is 1.91 bits per heavy atom. The average Bonchev–Trinajstić information content (AvgIpc) is 3.25. The summed E-state index contributed by atoms with van der Waals surface area (Å²) in [5, 5.41) is 13.4. The SMILES string of the molecule is O=C(CC1CCCC1)NCc1ccc(C(O)c2ccccc2)s1. The van der Waals surface area contributed by atoms with E-state index in [1.165, 1.54) is 25.7 Å². The summed E-state index contributed by atoms with van der Waals surface area (Å²) in [5.41, 5.74) is 0.895. The van der Waals surface area contributed by atoms with Crippen LogP contribution in [0, 0.1) is 5.92 Å². The number of rotatable bonds is 6. The molecular formula is C19H23NO2S. The lowest BCUT2D eigenvalue weighted by molar-refractivity contribution is -0.122. The molecule has 0 saturated heterocycles. The van der Waals surface area contributed by atoms with Crippen LogP contribution in [-0.2, 0) is 11.3 Å². The molecule has 23 heavy (non-hydrogen) atoms. The molecule has 1 unspecified atom stereocenters. The lowest BCUT2D eigenvalue weighted by Gasteiger charge is -2.09. The smallest absolute Gasteiger partial charge is 0.220 e. The number of benzene rings is 1. The van der Waals surface area contributed by atoms with Gasteiger partial charge in [0, 0.05) is 16.2 Å². The molecular weight excluding hydrogens is 306 g/mol. The lowest BCUT2D eigenvalue weighted by atomic mass is 10.0. The first kappa shape index (κ1) is 16.2. The van der Waals surface area contributed by atoms with Gasteiger partial charge in [0.1, 0.15) is 6.10 Å². The third kappa shape index (κ3) is 4.43. The maximum atomic E-state index is 12.0. The Bertz CT molecular complexity index is 632. The summed E-state index contributed by atoms with van der Waals surface area (Å²) in [4.78, 5) is 14.0. The Hall–Kier alpha value is -1.65. The topological polar surface area (TPSA) is 49.3 Å². The molecule has 122 valence electrons. The molecule has 2 N–H and O–H groups in total. The molecule has 1 atom stereocenters. The molecule has 1 aliphatic rings. The fraction of sp³-hybridized carbons (Fsp3) is 0.421. The van der Waals surface area contributed by atoms with Gasteiger partial charge < -0.3 is 10.4 Å². The highest BCUT2D eigenvalue weighted by molar-refractivity contribution is 7.12. The van der Waals surface area contributed by atoms with Gasteiger partial charge in [0.15, 0.2) is 0 Å². The van der Waals surface area contributed by atoms with E-state index in [2.05, 4.69) is 5.32 Å². The van der Waals surface area contributed by atoms with E-state index in [0.717, 1.165) is 15.3 Å². The highest BCUT2D eigenvalue weighted by atomic mass is 32.1. The van der Waals surface area contributed by atoms with Crippen LogP contribution in [0.1, 0.15) is 53.5 Å². The minimum absolute atomic E-state index is 0.149. The Kier molecular flexibility index (Phi) is 5.47. The van der Waals surface area contributed by atoms with Crippen LogP contribution in [0.4, 0.5) is 0 Å². The number of thiophene rings is 1. The van der Waals surface area contributed by atoms with Crippen molar-refractivity contribution in [3.8, 4) is 0 Å². The van der Waals surface area contributed by atoms with Crippen LogP contribution < -0.4 is 5.32 Å². The number of carbonyl (C=O) groups is 1. The van der Waals surface area contributed by atoms with Gasteiger partial charge >= 0.3 is 0 Å². The number of hydrogen-bond acceptors (Lipinski definition) is 3. The van der Waals surface area contributed by atoms with Gasteiger partial charge in [0.2, 0.25) is 5.91 Å². The lowest BCUT2D eigenvalue weighted by Crippen LogP contribution is -2.24. The molecule has 1 amide bonds. The molecule has 2 aromatic rings. The van der Waals surface area contributed by atoms with Gasteiger partial charge in [-0.1, -0.05) is 43.2 Å². The molecule has 1 aromatic carbocycles. The third-order valence-electron chi connectivity index (χ3n) is 4.48. The maximum absolute atomic E-state index is 12.0. The molecule has 0 aliphatic heterocycles. The van der Waals surface area contributed by atoms with Crippen LogP contribution in [0.5, 0.6) is 0 Å². The Labute approximate surface area is 141 Å². The predicted octanol–water partition coefficient (Wildman–Crippen LogP) is 4.03. The normalized spacial score (nSPS) is 16.4. The summed E-state index contributed by atoms with van der Waals surface area (Å²) >= 11 is 1.56. The van der Waals surface area contributed by atoms with Crippen molar-refractivity contribution in [2.75, 3.05) is 0 Å². The van der Waals surface area contributed by atoms with Crippen LogP contribution in [0.2, 0.25) is 0 Å². The van der Waals surface area contributed by atoms with Gasteiger partial charge in [0.05, 0.1) is 6.54 Å². The van der Waals surface area contributed by atoms with E-state index in [9.17, 15) is 9.90 Å². The number of nitrogens with one attached hydrogen (secondary N) is 1.